The van der Waals surface area contributed by atoms with Crippen molar-refractivity contribution in [3.05, 3.63) is 169 Å². The molecule has 1 aliphatic carbocycles. The van der Waals surface area contributed by atoms with Crippen LogP contribution in [0.3, 0.4) is 0 Å². The molecule has 0 spiro atoms. The maximum atomic E-state index is 5.04. The molecule has 1 aliphatic rings. The SMILES string of the molecule is CC1(C)c2ccccc2-c2c3c1cccc3cc1c2c2ccccc2n1-c1cccc(-c2nc(-c3ccccc3)nc(-c3ccccc3)n2)c1. The lowest BCUT2D eigenvalue weighted by Gasteiger charge is -2.35. The Morgan fingerprint density at radius 3 is 1.78 bits per heavy atom. The van der Waals surface area contributed by atoms with Gasteiger partial charge in [0.2, 0.25) is 0 Å². The lowest BCUT2D eigenvalue weighted by molar-refractivity contribution is 0.645. The molecule has 0 atom stereocenters. The Kier molecular flexibility index (Phi) is 6.19. The van der Waals surface area contributed by atoms with Gasteiger partial charge < -0.3 is 4.57 Å². The van der Waals surface area contributed by atoms with Crippen molar-refractivity contribution in [3.63, 3.8) is 0 Å². The summed E-state index contributed by atoms with van der Waals surface area (Å²) in [6, 6.07) is 55.9. The van der Waals surface area contributed by atoms with Crippen LogP contribution in [-0.4, -0.2) is 19.5 Å². The molecule has 4 nitrogen and oxygen atoms in total. The third-order valence-electron chi connectivity index (χ3n) is 10.4. The Morgan fingerprint density at radius 1 is 0.460 bits per heavy atom. The highest BCUT2D eigenvalue weighted by Gasteiger charge is 2.35. The van der Waals surface area contributed by atoms with Gasteiger partial charge in [-0.2, -0.15) is 0 Å². The second-order valence-corrected chi connectivity index (χ2v) is 13.7. The molecule has 0 amide bonds. The molecule has 0 saturated heterocycles. The number of aromatic nitrogens is 4. The molecule has 4 heteroatoms. The van der Waals surface area contributed by atoms with E-state index in [9.17, 15) is 0 Å². The van der Waals surface area contributed by atoms with Crippen molar-refractivity contribution in [2.75, 3.05) is 0 Å². The summed E-state index contributed by atoms with van der Waals surface area (Å²) in [4.78, 5) is 15.0. The molecule has 0 bridgehead atoms. The molecule has 50 heavy (non-hydrogen) atoms. The largest absolute Gasteiger partial charge is 0.309 e. The summed E-state index contributed by atoms with van der Waals surface area (Å²) < 4.78 is 2.41. The molecule has 0 fully saturated rings. The zero-order chi connectivity index (χ0) is 33.4. The highest BCUT2D eigenvalue weighted by Crippen LogP contribution is 2.52. The molecule has 2 aromatic heterocycles. The van der Waals surface area contributed by atoms with Crippen molar-refractivity contribution in [2.24, 2.45) is 0 Å². The fourth-order valence-electron chi connectivity index (χ4n) is 8.08. The monoisotopic (exact) mass is 640 g/mol. The van der Waals surface area contributed by atoms with Crippen molar-refractivity contribution in [2.45, 2.75) is 19.3 Å². The number of fused-ring (bicyclic) bond motifs is 6. The fraction of sp³-hybridized carbons (Fsp3) is 0.0652. The van der Waals surface area contributed by atoms with Crippen LogP contribution in [0.15, 0.2) is 158 Å². The van der Waals surface area contributed by atoms with Crippen molar-refractivity contribution in [1.29, 1.82) is 0 Å². The second kappa shape index (κ2) is 10.8. The topological polar surface area (TPSA) is 43.6 Å². The van der Waals surface area contributed by atoms with E-state index in [1.54, 1.807) is 0 Å². The first-order chi connectivity index (χ1) is 24.6. The van der Waals surface area contributed by atoms with Crippen LogP contribution in [0.5, 0.6) is 0 Å². The molecule has 0 radical (unpaired) electrons. The molecular formula is C46H32N4. The van der Waals surface area contributed by atoms with Gasteiger partial charge in [-0.25, -0.2) is 15.0 Å². The number of hydrogen-bond acceptors (Lipinski definition) is 3. The van der Waals surface area contributed by atoms with Crippen LogP contribution < -0.4 is 0 Å². The molecule has 9 aromatic rings. The smallest absolute Gasteiger partial charge is 0.164 e. The van der Waals surface area contributed by atoms with Gasteiger partial charge in [0.25, 0.3) is 0 Å². The van der Waals surface area contributed by atoms with Gasteiger partial charge in [-0.3, -0.25) is 0 Å². The average Bonchev–Trinajstić information content (AvgIpc) is 3.51. The first kappa shape index (κ1) is 28.6. The minimum absolute atomic E-state index is 0.106. The minimum atomic E-state index is -0.106. The quantitative estimate of drug-likeness (QED) is 0.192. The summed E-state index contributed by atoms with van der Waals surface area (Å²) in [5.74, 6) is 1.95. The van der Waals surface area contributed by atoms with Gasteiger partial charge in [-0.05, 0) is 51.7 Å². The summed E-state index contributed by atoms with van der Waals surface area (Å²) in [5.41, 5.74) is 11.5. The standard InChI is InChI=1S/C46H32N4/c1-46(2)36-24-11-9-22-34(36)42-40-31(19-14-25-37(40)46)28-39-41(42)35-23-10-12-26-38(35)50(39)33-21-13-20-32(27-33)45-48-43(29-15-5-3-6-16-29)47-44(49-45)30-17-7-4-8-18-30/h3-28H,1-2H3. The van der Waals surface area contributed by atoms with E-state index in [1.165, 1.54) is 54.8 Å². The first-order valence-corrected chi connectivity index (χ1v) is 17.1. The van der Waals surface area contributed by atoms with E-state index >= 15 is 0 Å². The van der Waals surface area contributed by atoms with Crippen LogP contribution in [-0.2, 0) is 5.41 Å². The Hall–Kier alpha value is -6.39. The van der Waals surface area contributed by atoms with Crippen LogP contribution in [0.25, 0.3) is 83.6 Å². The van der Waals surface area contributed by atoms with E-state index in [0.29, 0.717) is 17.5 Å². The maximum absolute atomic E-state index is 5.04. The molecule has 0 saturated carbocycles. The predicted molar refractivity (Wildman–Crippen MR) is 206 cm³/mol. The average molecular weight is 641 g/mol. The highest BCUT2D eigenvalue weighted by atomic mass is 15.0. The van der Waals surface area contributed by atoms with Crippen molar-refractivity contribution < 1.29 is 0 Å². The molecule has 2 heterocycles. The molecule has 0 unspecified atom stereocenters. The van der Waals surface area contributed by atoms with Crippen LogP contribution in [0.2, 0.25) is 0 Å². The van der Waals surface area contributed by atoms with E-state index in [0.717, 1.165) is 22.4 Å². The van der Waals surface area contributed by atoms with Gasteiger partial charge in [0.15, 0.2) is 17.5 Å². The van der Waals surface area contributed by atoms with Gasteiger partial charge in [0, 0.05) is 44.1 Å². The molecule has 10 rings (SSSR count). The normalized spacial score (nSPS) is 13.2. The van der Waals surface area contributed by atoms with Gasteiger partial charge in [-0.1, -0.05) is 147 Å². The van der Waals surface area contributed by atoms with E-state index in [2.05, 4.69) is 115 Å². The number of nitrogens with zero attached hydrogens (tertiary/aromatic N) is 4. The zero-order valence-electron chi connectivity index (χ0n) is 27.8. The van der Waals surface area contributed by atoms with E-state index in [4.69, 9.17) is 15.0 Å². The van der Waals surface area contributed by atoms with Crippen molar-refractivity contribution in [1.82, 2.24) is 19.5 Å². The summed E-state index contributed by atoms with van der Waals surface area (Å²) in [7, 11) is 0. The van der Waals surface area contributed by atoms with Gasteiger partial charge in [0.1, 0.15) is 0 Å². The lowest BCUT2D eigenvalue weighted by Crippen LogP contribution is -2.23. The summed E-state index contributed by atoms with van der Waals surface area (Å²) in [6.07, 6.45) is 0. The third-order valence-corrected chi connectivity index (χ3v) is 10.4. The van der Waals surface area contributed by atoms with Gasteiger partial charge in [-0.15, -0.1) is 0 Å². The van der Waals surface area contributed by atoms with Gasteiger partial charge in [0.05, 0.1) is 11.0 Å². The van der Waals surface area contributed by atoms with E-state index in [-0.39, 0.29) is 5.41 Å². The molecule has 7 aromatic carbocycles. The van der Waals surface area contributed by atoms with E-state index in [1.807, 2.05) is 60.7 Å². The second-order valence-electron chi connectivity index (χ2n) is 13.7. The van der Waals surface area contributed by atoms with Crippen LogP contribution in [0, 0.1) is 0 Å². The first-order valence-electron chi connectivity index (χ1n) is 17.1. The molecule has 0 aliphatic heterocycles. The van der Waals surface area contributed by atoms with E-state index < -0.39 is 0 Å². The minimum Gasteiger partial charge on any atom is -0.309 e. The Morgan fingerprint density at radius 2 is 1.04 bits per heavy atom. The maximum Gasteiger partial charge on any atom is 0.164 e. The van der Waals surface area contributed by atoms with Crippen LogP contribution >= 0.6 is 0 Å². The van der Waals surface area contributed by atoms with Crippen LogP contribution in [0.4, 0.5) is 0 Å². The van der Waals surface area contributed by atoms with Crippen molar-refractivity contribution >= 4 is 32.6 Å². The summed E-state index contributed by atoms with van der Waals surface area (Å²) in [6.45, 7) is 4.71. The predicted octanol–water partition coefficient (Wildman–Crippen LogP) is 11.4. The Bertz CT molecular complexity index is 2720. The number of benzene rings is 7. The zero-order valence-corrected chi connectivity index (χ0v) is 27.8. The molecule has 0 N–H and O–H groups in total. The van der Waals surface area contributed by atoms with Crippen molar-refractivity contribution in [3.8, 4) is 51.0 Å². The number of para-hydroxylation sites is 1. The number of hydrogen-bond donors (Lipinski definition) is 0. The summed E-state index contributed by atoms with van der Waals surface area (Å²) >= 11 is 0. The number of rotatable bonds is 4. The molecular weight excluding hydrogens is 609 g/mol. The third kappa shape index (κ3) is 4.21. The fourth-order valence-corrected chi connectivity index (χ4v) is 8.08. The summed E-state index contributed by atoms with van der Waals surface area (Å²) in [5, 5.41) is 5.14. The van der Waals surface area contributed by atoms with Gasteiger partial charge >= 0.3 is 0 Å². The highest BCUT2D eigenvalue weighted by molar-refractivity contribution is 6.24. The Balaban J connectivity index is 1.25. The Labute approximate surface area is 290 Å². The molecule has 236 valence electrons. The van der Waals surface area contributed by atoms with Crippen LogP contribution in [0.1, 0.15) is 25.0 Å². The lowest BCUT2D eigenvalue weighted by atomic mass is 9.68.